The highest BCUT2D eigenvalue weighted by Gasteiger charge is 2.54. The van der Waals surface area contributed by atoms with Gasteiger partial charge in [-0.25, -0.2) is 0 Å². The number of nitrogens with one attached hydrogen (secondary N) is 2. The van der Waals surface area contributed by atoms with E-state index in [0.29, 0.717) is 11.5 Å². The first kappa shape index (κ1) is 18.3. The van der Waals surface area contributed by atoms with Crippen LogP contribution in [0.4, 0.5) is 5.69 Å². The number of thiocarbonyl (C=S) groups is 1. The van der Waals surface area contributed by atoms with Gasteiger partial charge in [-0.3, -0.25) is 0 Å². The van der Waals surface area contributed by atoms with Crippen LogP contribution in [0.1, 0.15) is 69.4 Å². The molecule has 0 spiro atoms. The van der Waals surface area contributed by atoms with Crippen molar-refractivity contribution in [3.8, 4) is 0 Å². The summed E-state index contributed by atoms with van der Waals surface area (Å²) in [5.41, 5.74) is 4.16. The number of benzene rings is 1. The van der Waals surface area contributed by atoms with E-state index >= 15 is 0 Å². The lowest BCUT2D eigenvalue weighted by Gasteiger charge is -2.59. The molecule has 3 heteroatoms. The molecule has 1 aromatic carbocycles. The second-order valence-corrected chi connectivity index (χ2v) is 9.95. The molecule has 26 heavy (non-hydrogen) atoms. The molecule has 1 atom stereocenters. The molecule has 0 aliphatic heterocycles. The van der Waals surface area contributed by atoms with E-state index in [2.05, 4.69) is 49.6 Å². The molecule has 0 aromatic heterocycles. The Morgan fingerprint density at radius 1 is 1.12 bits per heavy atom. The van der Waals surface area contributed by atoms with Crippen LogP contribution in [0, 0.1) is 37.0 Å². The molecule has 1 aromatic rings. The quantitative estimate of drug-likeness (QED) is 0.624. The fraction of sp³-hybridized carbons (Fsp3) is 0.696. The Morgan fingerprint density at radius 2 is 1.73 bits per heavy atom. The summed E-state index contributed by atoms with van der Waals surface area (Å²) in [5.74, 6) is 2.97. The van der Waals surface area contributed by atoms with Gasteiger partial charge in [-0.05, 0) is 111 Å². The molecule has 2 N–H and O–H groups in total. The van der Waals surface area contributed by atoms with E-state index in [1.54, 1.807) is 0 Å². The number of anilines is 1. The van der Waals surface area contributed by atoms with E-state index in [9.17, 15) is 0 Å². The van der Waals surface area contributed by atoms with E-state index in [4.69, 9.17) is 12.2 Å². The van der Waals surface area contributed by atoms with Crippen molar-refractivity contribution in [3.63, 3.8) is 0 Å². The molecule has 1 unspecified atom stereocenters. The van der Waals surface area contributed by atoms with Crippen molar-refractivity contribution in [1.29, 1.82) is 0 Å². The van der Waals surface area contributed by atoms with Gasteiger partial charge in [-0.15, -0.1) is 0 Å². The van der Waals surface area contributed by atoms with Crippen molar-refractivity contribution in [2.24, 2.45) is 23.2 Å². The average molecular weight is 371 g/mol. The van der Waals surface area contributed by atoms with Crippen LogP contribution >= 0.6 is 12.2 Å². The molecular weight excluding hydrogens is 336 g/mol. The molecule has 4 aliphatic carbocycles. The largest absolute Gasteiger partial charge is 0.359 e. The Balaban J connectivity index is 1.48. The first-order valence-electron chi connectivity index (χ1n) is 10.6. The van der Waals surface area contributed by atoms with Gasteiger partial charge >= 0.3 is 0 Å². The number of rotatable bonds is 5. The summed E-state index contributed by atoms with van der Waals surface area (Å²) >= 11 is 5.76. The van der Waals surface area contributed by atoms with Crippen molar-refractivity contribution in [3.05, 3.63) is 29.3 Å². The highest BCUT2D eigenvalue weighted by Crippen LogP contribution is 2.61. The van der Waals surface area contributed by atoms with E-state index < -0.39 is 0 Å². The zero-order valence-corrected chi connectivity index (χ0v) is 17.4. The summed E-state index contributed by atoms with van der Waals surface area (Å²) < 4.78 is 0. The van der Waals surface area contributed by atoms with Gasteiger partial charge in [-0.2, -0.15) is 0 Å². The van der Waals surface area contributed by atoms with Crippen LogP contribution in [-0.4, -0.2) is 11.2 Å². The molecule has 5 rings (SSSR count). The Hall–Kier alpha value is -1.09. The maximum Gasteiger partial charge on any atom is 0.171 e. The van der Waals surface area contributed by atoms with Crippen LogP contribution in [0.15, 0.2) is 18.2 Å². The van der Waals surface area contributed by atoms with E-state index in [1.807, 2.05) is 0 Å². The van der Waals surface area contributed by atoms with Gasteiger partial charge in [0.25, 0.3) is 0 Å². The first-order valence-corrected chi connectivity index (χ1v) is 11.0. The van der Waals surface area contributed by atoms with Crippen molar-refractivity contribution < 1.29 is 0 Å². The molecule has 4 fully saturated rings. The third kappa shape index (κ3) is 3.52. The molecular formula is C23H34N2S. The standard InChI is InChI=1S/C23H34N2S/c1-4-5-21(23-12-17-9-18(13-23)11-19(10-17)14-23)25-22(26)24-20-8-15(2)6-7-16(20)3/h6-8,17-19,21H,4-5,9-14H2,1-3H3,(H2,24,25,26). The highest BCUT2D eigenvalue weighted by molar-refractivity contribution is 7.80. The predicted octanol–water partition coefficient (Wildman–Crippen LogP) is 5.97. The van der Waals surface area contributed by atoms with Gasteiger partial charge < -0.3 is 10.6 Å². The Labute approximate surface area is 164 Å². The Kier molecular flexibility index (Phi) is 5.02. The summed E-state index contributed by atoms with van der Waals surface area (Å²) in [6.07, 6.45) is 11.3. The third-order valence-corrected chi connectivity index (χ3v) is 7.57. The summed E-state index contributed by atoms with van der Waals surface area (Å²) in [7, 11) is 0. The van der Waals surface area contributed by atoms with Crippen molar-refractivity contribution >= 4 is 23.0 Å². The maximum absolute atomic E-state index is 5.76. The summed E-state index contributed by atoms with van der Waals surface area (Å²) in [4.78, 5) is 0. The third-order valence-electron chi connectivity index (χ3n) is 7.35. The topological polar surface area (TPSA) is 24.1 Å². The summed E-state index contributed by atoms with van der Waals surface area (Å²) in [6.45, 7) is 6.60. The van der Waals surface area contributed by atoms with Gasteiger partial charge in [-0.1, -0.05) is 25.5 Å². The molecule has 0 saturated heterocycles. The fourth-order valence-electron chi connectivity index (χ4n) is 6.61. The van der Waals surface area contributed by atoms with E-state index in [-0.39, 0.29) is 0 Å². The zero-order valence-electron chi connectivity index (χ0n) is 16.6. The van der Waals surface area contributed by atoms with Crippen molar-refractivity contribution in [2.45, 2.75) is 78.2 Å². The molecule has 4 bridgehead atoms. The van der Waals surface area contributed by atoms with Crippen LogP contribution in [0.3, 0.4) is 0 Å². The van der Waals surface area contributed by atoms with Gasteiger partial charge in [0.05, 0.1) is 0 Å². The minimum atomic E-state index is 0.498. The van der Waals surface area contributed by atoms with E-state index in [1.165, 1.54) is 62.5 Å². The minimum Gasteiger partial charge on any atom is -0.359 e. The summed E-state index contributed by atoms with van der Waals surface area (Å²) in [6, 6.07) is 7.06. The number of aryl methyl sites for hydroxylation is 2. The van der Waals surface area contributed by atoms with Crippen LogP contribution < -0.4 is 10.6 Å². The highest BCUT2D eigenvalue weighted by atomic mass is 32.1. The van der Waals surface area contributed by atoms with Crippen molar-refractivity contribution in [2.75, 3.05) is 5.32 Å². The van der Waals surface area contributed by atoms with Gasteiger partial charge in [0.1, 0.15) is 0 Å². The average Bonchev–Trinajstić information content (AvgIpc) is 2.56. The second-order valence-electron chi connectivity index (χ2n) is 9.54. The zero-order chi connectivity index (χ0) is 18.3. The monoisotopic (exact) mass is 370 g/mol. The molecule has 4 aliphatic rings. The Bertz CT molecular complexity index is 646. The van der Waals surface area contributed by atoms with Crippen LogP contribution in [0.2, 0.25) is 0 Å². The van der Waals surface area contributed by atoms with Gasteiger partial charge in [0.2, 0.25) is 0 Å². The molecule has 0 radical (unpaired) electrons. The second kappa shape index (κ2) is 7.14. The molecule has 4 saturated carbocycles. The fourth-order valence-corrected chi connectivity index (χ4v) is 6.86. The molecule has 0 amide bonds. The molecule has 0 heterocycles. The summed E-state index contributed by atoms with van der Waals surface area (Å²) in [5, 5.41) is 8.10. The molecule has 142 valence electrons. The lowest BCUT2D eigenvalue weighted by Crippen LogP contribution is -2.57. The Morgan fingerprint density at radius 3 is 2.31 bits per heavy atom. The van der Waals surface area contributed by atoms with Crippen molar-refractivity contribution in [1.82, 2.24) is 5.32 Å². The molecule has 2 nitrogen and oxygen atoms in total. The first-order chi connectivity index (χ1) is 12.5. The SMILES string of the molecule is CCCC(NC(=S)Nc1cc(C)ccc1C)C12CC3CC(CC(C3)C1)C2. The van der Waals surface area contributed by atoms with Crippen LogP contribution in [0.25, 0.3) is 0 Å². The van der Waals surface area contributed by atoms with Gasteiger partial charge in [0, 0.05) is 11.7 Å². The van der Waals surface area contributed by atoms with Crippen LogP contribution in [0.5, 0.6) is 0 Å². The van der Waals surface area contributed by atoms with E-state index in [0.717, 1.165) is 28.6 Å². The van der Waals surface area contributed by atoms with Crippen LogP contribution in [-0.2, 0) is 0 Å². The number of hydrogen-bond acceptors (Lipinski definition) is 1. The predicted molar refractivity (Wildman–Crippen MR) is 115 cm³/mol. The number of hydrogen-bond donors (Lipinski definition) is 2. The maximum atomic E-state index is 5.76. The lowest BCUT2D eigenvalue weighted by atomic mass is 9.47. The lowest BCUT2D eigenvalue weighted by molar-refractivity contribution is -0.0718. The normalized spacial score (nSPS) is 33.1. The smallest absolute Gasteiger partial charge is 0.171 e. The van der Waals surface area contributed by atoms with Gasteiger partial charge in [0.15, 0.2) is 5.11 Å². The minimum absolute atomic E-state index is 0.498.